The highest BCUT2D eigenvalue weighted by Gasteiger charge is 2.31. The van der Waals surface area contributed by atoms with Crippen LogP contribution in [-0.2, 0) is 27.9 Å². The zero-order chi connectivity index (χ0) is 28.9. The second kappa shape index (κ2) is 12.1. The van der Waals surface area contributed by atoms with E-state index in [2.05, 4.69) is 15.7 Å². The van der Waals surface area contributed by atoms with E-state index in [1.807, 2.05) is 78.9 Å². The maximum absolute atomic E-state index is 13.2. The summed E-state index contributed by atoms with van der Waals surface area (Å²) in [6.45, 7) is 1.85. The summed E-state index contributed by atoms with van der Waals surface area (Å²) >= 11 is 0. The molecule has 0 bridgehead atoms. The second-order valence-corrected chi connectivity index (χ2v) is 9.77. The Bertz CT molecular complexity index is 1520. The smallest absolute Gasteiger partial charge is 0.411 e. The molecule has 210 valence electrons. The zero-order valence-corrected chi connectivity index (χ0v) is 22.6. The van der Waals surface area contributed by atoms with Gasteiger partial charge in [-0.15, -0.1) is 0 Å². The second-order valence-electron chi connectivity index (χ2n) is 9.77. The minimum Gasteiger partial charge on any atom is -0.480 e. The molecule has 4 aromatic rings. The lowest BCUT2D eigenvalue weighted by atomic mass is 9.98. The number of carbonyl (C=O) groups excluding carboxylic acids is 2. The van der Waals surface area contributed by atoms with Crippen molar-refractivity contribution in [1.29, 1.82) is 0 Å². The Balaban J connectivity index is 1.23. The van der Waals surface area contributed by atoms with Gasteiger partial charge in [-0.3, -0.25) is 14.8 Å². The average Bonchev–Trinajstić information content (AvgIpc) is 3.50. The van der Waals surface area contributed by atoms with Crippen molar-refractivity contribution >= 4 is 23.7 Å². The van der Waals surface area contributed by atoms with E-state index in [0.717, 1.165) is 27.8 Å². The maximum Gasteiger partial charge on any atom is 0.411 e. The van der Waals surface area contributed by atoms with E-state index in [0.29, 0.717) is 0 Å². The third-order valence-electron chi connectivity index (χ3n) is 7.11. The van der Waals surface area contributed by atoms with Crippen LogP contribution in [0.15, 0.2) is 85.1 Å². The molecule has 10 heteroatoms. The fourth-order valence-corrected chi connectivity index (χ4v) is 5.03. The predicted octanol–water partition coefficient (Wildman–Crippen LogP) is 4.57. The third kappa shape index (κ3) is 5.97. The maximum atomic E-state index is 13.2. The molecule has 2 atom stereocenters. The van der Waals surface area contributed by atoms with E-state index in [1.165, 1.54) is 17.9 Å². The van der Waals surface area contributed by atoms with Crippen molar-refractivity contribution in [3.05, 3.63) is 107 Å². The van der Waals surface area contributed by atoms with E-state index in [1.54, 1.807) is 6.92 Å². The first-order valence-corrected chi connectivity index (χ1v) is 13.2. The molecule has 0 radical (unpaired) electrons. The minimum atomic E-state index is -1.34. The third-order valence-corrected chi connectivity index (χ3v) is 7.11. The lowest BCUT2D eigenvalue weighted by molar-refractivity contribution is -0.143. The van der Waals surface area contributed by atoms with Gasteiger partial charge in [-0.25, -0.2) is 9.59 Å². The van der Waals surface area contributed by atoms with Crippen LogP contribution in [0, 0.1) is 0 Å². The molecule has 5 rings (SSSR count). The molecule has 1 aliphatic rings. The van der Waals surface area contributed by atoms with Crippen molar-refractivity contribution in [2.24, 2.45) is 7.05 Å². The Morgan fingerprint density at radius 3 is 2.20 bits per heavy atom. The molecule has 0 saturated heterocycles. The number of aromatic nitrogens is 2. The normalized spacial score (nSPS) is 13.5. The summed E-state index contributed by atoms with van der Waals surface area (Å²) in [5, 5.41) is 18.9. The first-order valence-electron chi connectivity index (χ1n) is 13.2. The number of nitrogens with one attached hydrogen (secondary N) is 2. The number of hydrogen-bond donors (Lipinski definition) is 3. The largest absolute Gasteiger partial charge is 0.480 e. The molecule has 0 aliphatic heterocycles. The zero-order valence-electron chi connectivity index (χ0n) is 22.6. The Labute approximate surface area is 236 Å². The standard InChI is InChI=1S/C31H30N4O6/c1-19(40-17-20-10-4-3-5-11-20)27(30(37)38)34-29(36)28-26(16-32-35(28)2)33-31(39)41-18-25-23-14-8-6-12-21(23)22-13-7-9-15-24(22)25/h3-16,19,25,27H,17-18H2,1-2H3,(H,33,39)(H,34,36)(H,37,38)/t19-,27+/m1/s1. The molecule has 10 nitrogen and oxygen atoms in total. The lowest BCUT2D eigenvalue weighted by Crippen LogP contribution is -2.49. The van der Waals surface area contributed by atoms with Crippen LogP contribution >= 0.6 is 0 Å². The highest BCUT2D eigenvalue weighted by Crippen LogP contribution is 2.44. The average molecular weight is 555 g/mol. The first kappa shape index (κ1) is 27.6. The fraction of sp³-hybridized carbons (Fsp3) is 0.226. The summed E-state index contributed by atoms with van der Waals surface area (Å²) in [5.41, 5.74) is 5.30. The van der Waals surface area contributed by atoms with Crippen molar-refractivity contribution in [3.63, 3.8) is 0 Å². The van der Waals surface area contributed by atoms with E-state index < -0.39 is 30.1 Å². The topological polar surface area (TPSA) is 132 Å². The number of amides is 2. The molecule has 41 heavy (non-hydrogen) atoms. The molecule has 0 spiro atoms. The molecule has 1 aliphatic carbocycles. The molecule has 3 N–H and O–H groups in total. The van der Waals surface area contributed by atoms with Crippen LogP contribution in [0.5, 0.6) is 0 Å². The molecular weight excluding hydrogens is 524 g/mol. The van der Waals surface area contributed by atoms with Gasteiger partial charge < -0.3 is 19.9 Å². The molecule has 2 amide bonds. The van der Waals surface area contributed by atoms with Crippen LogP contribution in [0.3, 0.4) is 0 Å². The first-order chi connectivity index (χ1) is 19.8. The van der Waals surface area contributed by atoms with Gasteiger partial charge in [0.05, 0.1) is 24.6 Å². The van der Waals surface area contributed by atoms with Crippen molar-refractivity contribution in [3.8, 4) is 11.1 Å². The van der Waals surface area contributed by atoms with Crippen LogP contribution in [0.4, 0.5) is 10.5 Å². The van der Waals surface area contributed by atoms with Gasteiger partial charge >= 0.3 is 12.1 Å². The molecule has 1 heterocycles. The highest BCUT2D eigenvalue weighted by atomic mass is 16.5. The number of anilines is 1. The van der Waals surface area contributed by atoms with Crippen molar-refractivity contribution in [2.75, 3.05) is 11.9 Å². The molecule has 0 fully saturated rings. The number of nitrogens with zero attached hydrogens (tertiary/aromatic N) is 2. The number of ether oxygens (including phenoxy) is 2. The number of hydrogen-bond acceptors (Lipinski definition) is 6. The van der Waals surface area contributed by atoms with Gasteiger partial charge in [0.2, 0.25) is 0 Å². The monoisotopic (exact) mass is 554 g/mol. The number of aliphatic carboxylic acids is 1. The Morgan fingerprint density at radius 1 is 0.951 bits per heavy atom. The van der Waals surface area contributed by atoms with Crippen LogP contribution < -0.4 is 10.6 Å². The summed E-state index contributed by atoms with van der Waals surface area (Å²) < 4.78 is 12.6. The van der Waals surface area contributed by atoms with Crippen LogP contribution in [0.1, 0.15) is 40.0 Å². The van der Waals surface area contributed by atoms with Crippen molar-refractivity contribution in [1.82, 2.24) is 15.1 Å². The van der Waals surface area contributed by atoms with Crippen molar-refractivity contribution < 1.29 is 29.0 Å². The van der Waals surface area contributed by atoms with Gasteiger partial charge in [0.1, 0.15) is 12.3 Å². The van der Waals surface area contributed by atoms with Gasteiger partial charge in [-0.2, -0.15) is 5.10 Å². The molecule has 0 saturated carbocycles. The van der Waals surface area contributed by atoms with Gasteiger partial charge in [0.15, 0.2) is 6.04 Å². The Kier molecular flexibility index (Phi) is 8.11. The number of rotatable bonds is 10. The van der Waals surface area contributed by atoms with Crippen LogP contribution in [-0.4, -0.2) is 51.6 Å². The number of carbonyl (C=O) groups is 3. The van der Waals surface area contributed by atoms with Crippen LogP contribution in [0.25, 0.3) is 11.1 Å². The molecule has 1 aromatic heterocycles. The van der Waals surface area contributed by atoms with Gasteiger partial charge in [-0.1, -0.05) is 78.9 Å². The summed E-state index contributed by atoms with van der Waals surface area (Å²) in [6.07, 6.45) is -0.298. The Hall–Kier alpha value is -4.96. The molecular formula is C31H30N4O6. The summed E-state index contributed by atoms with van der Waals surface area (Å²) in [7, 11) is 1.52. The van der Waals surface area contributed by atoms with Crippen LogP contribution in [0.2, 0.25) is 0 Å². The number of carboxylic acid groups (broad SMARTS) is 1. The summed E-state index contributed by atoms with van der Waals surface area (Å²) in [4.78, 5) is 38.0. The van der Waals surface area contributed by atoms with Gasteiger partial charge in [0, 0.05) is 13.0 Å². The minimum absolute atomic E-state index is 0.0278. The van der Waals surface area contributed by atoms with E-state index in [4.69, 9.17) is 9.47 Å². The molecule has 3 aromatic carbocycles. The van der Waals surface area contributed by atoms with Crippen molar-refractivity contribution in [2.45, 2.75) is 31.6 Å². The number of carboxylic acids is 1. The highest BCUT2D eigenvalue weighted by molar-refractivity contribution is 6.02. The van der Waals surface area contributed by atoms with E-state index >= 15 is 0 Å². The quantitative estimate of drug-likeness (QED) is 0.262. The fourth-order valence-electron chi connectivity index (χ4n) is 5.03. The molecule has 0 unspecified atom stereocenters. The SMILES string of the molecule is C[C@@H](OCc1ccccc1)[C@H](NC(=O)c1c(NC(=O)OCC2c3ccccc3-c3ccccc32)cnn1C)C(=O)O. The van der Waals surface area contributed by atoms with Gasteiger partial charge in [-0.05, 0) is 34.7 Å². The number of benzene rings is 3. The van der Waals surface area contributed by atoms with Gasteiger partial charge in [0.25, 0.3) is 5.91 Å². The summed E-state index contributed by atoms with van der Waals surface area (Å²) in [6, 6.07) is 24.0. The van der Waals surface area contributed by atoms with E-state index in [9.17, 15) is 19.5 Å². The Morgan fingerprint density at radius 2 is 1.56 bits per heavy atom. The number of aryl methyl sites for hydroxylation is 1. The lowest BCUT2D eigenvalue weighted by Gasteiger charge is -2.22. The predicted molar refractivity (Wildman–Crippen MR) is 151 cm³/mol. The summed E-state index contributed by atoms with van der Waals surface area (Å²) in [5.74, 6) is -2.12. The van der Waals surface area contributed by atoms with E-state index in [-0.39, 0.29) is 30.5 Å². The number of fused-ring (bicyclic) bond motifs is 3.